The molecular weight excluding hydrogens is 230 g/mol. The lowest BCUT2D eigenvalue weighted by Gasteiger charge is -2.21. The van der Waals surface area contributed by atoms with E-state index in [1.807, 2.05) is 12.1 Å². The fourth-order valence-electron chi connectivity index (χ4n) is 2.32. The number of aliphatic carboxylic acids is 1. The van der Waals surface area contributed by atoms with Gasteiger partial charge in [0.2, 0.25) is 0 Å². The second-order valence-electron chi connectivity index (χ2n) is 4.55. The van der Waals surface area contributed by atoms with Gasteiger partial charge in [-0.3, -0.25) is 4.79 Å². The van der Waals surface area contributed by atoms with Gasteiger partial charge in [-0.25, -0.2) is 4.79 Å². The maximum absolute atomic E-state index is 12.2. The number of carbonyl (C=O) groups excluding carboxylic acids is 1. The number of aryl methyl sites for hydroxylation is 1. The van der Waals surface area contributed by atoms with Crippen LogP contribution in [0.4, 0.5) is 0 Å². The highest BCUT2D eigenvalue weighted by Gasteiger charge is 2.34. The summed E-state index contributed by atoms with van der Waals surface area (Å²) in [5.41, 5.74) is 1.74. The monoisotopic (exact) mass is 247 g/mol. The van der Waals surface area contributed by atoms with Gasteiger partial charge in [-0.15, -0.1) is 0 Å². The molecule has 0 aromatic heterocycles. The fourth-order valence-corrected chi connectivity index (χ4v) is 2.32. The molecule has 1 amide bonds. The summed E-state index contributed by atoms with van der Waals surface area (Å²) in [6.45, 7) is 2.59. The van der Waals surface area contributed by atoms with Crippen molar-refractivity contribution in [2.24, 2.45) is 0 Å². The van der Waals surface area contributed by atoms with Gasteiger partial charge in [-0.05, 0) is 37.0 Å². The number of nitrogens with zero attached hydrogens (tertiary/aromatic N) is 1. The van der Waals surface area contributed by atoms with Crippen LogP contribution in [0.1, 0.15) is 35.7 Å². The van der Waals surface area contributed by atoms with Gasteiger partial charge >= 0.3 is 5.97 Å². The number of hydrogen-bond acceptors (Lipinski definition) is 2. The number of carboxylic acids is 1. The van der Waals surface area contributed by atoms with E-state index in [0.29, 0.717) is 18.5 Å². The van der Waals surface area contributed by atoms with E-state index in [9.17, 15) is 9.59 Å². The largest absolute Gasteiger partial charge is 0.480 e. The van der Waals surface area contributed by atoms with Gasteiger partial charge in [0.25, 0.3) is 5.91 Å². The van der Waals surface area contributed by atoms with Gasteiger partial charge in [-0.2, -0.15) is 0 Å². The average Bonchev–Trinajstić information content (AvgIpc) is 2.87. The molecule has 1 N–H and O–H groups in total. The van der Waals surface area contributed by atoms with Crippen LogP contribution in [0.5, 0.6) is 0 Å². The average molecular weight is 247 g/mol. The summed E-state index contributed by atoms with van der Waals surface area (Å²) in [6, 6.07) is 6.72. The van der Waals surface area contributed by atoms with Crippen LogP contribution in [-0.4, -0.2) is 34.5 Å². The van der Waals surface area contributed by atoms with E-state index in [-0.39, 0.29) is 5.91 Å². The predicted molar refractivity (Wildman–Crippen MR) is 67.5 cm³/mol. The summed E-state index contributed by atoms with van der Waals surface area (Å²) in [5, 5.41) is 9.07. The Hall–Kier alpha value is -1.84. The third-order valence-electron chi connectivity index (χ3n) is 3.41. The second-order valence-corrected chi connectivity index (χ2v) is 4.55. The van der Waals surface area contributed by atoms with E-state index >= 15 is 0 Å². The van der Waals surface area contributed by atoms with Crippen molar-refractivity contribution in [2.75, 3.05) is 6.54 Å². The topological polar surface area (TPSA) is 57.6 Å². The minimum absolute atomic E-state index is 0.178. The van der Waals surface area contributed by atoms with Crippen molar-refractivity contribution in [1.82, 2.24) is 4.90 Å². The maximum Gasteiger partial charge on any atom is 0.326 e. The van der Waals surface area contributed by atoms with Crippen molar-refractivity contribution in [3.8, 4) is 0 Å². The Morgan fingerprint density at radius 2 is 2.00 bits per heavy atom. The molecule has 1 aromatic rings. The van der Waals surface area contributed by atoms with Crippen molar-refractivity contribution in [3.63, 3.8) is 0 Å². The van der Waals surface area contributed by atoms with E-state index in [0.717, 1.165) is 12.8 Å². The zero-order valence-electron chi connectivity index (χ0n) is 10.4. The summed E-state index contributed by atoms with van der Waals surface area (Å²) in [7, 11) is 0. The van der Waals surface area contributed by atoms with E-state index in [2.05, 4.69) is 6.92 Å². The Labute approximate surface area is 106 Å². The van der Waals surface area contributed by atoms with Crippen molar-refractivity contribution in [3.05, 3.63) is 35.4 Å². The van der Waals surface area contributed by atoms with E-state index in [4.69, 9.17) is 5.11 Å². The highest BCUT2D eigenvalue weighted by Crippen LogP contribution is 2.20. The first-order chi connectivity index (χ1) is 8.63. The van der Waals surface area contributed by atoms with E-state index in [1.54, 1.807) is 12.1 Å². The molecule has 1 aliphatic rings. The third-order valence-corrected chi connectivity index (χ3v) is 3.41. The Kier molecular flexibility index (Phi) is 3.65. The minimum atomic E-state index is -0.911. The maximum atomic E-state index is 12.2. The molecule has 18 heavy (non-hydrogen) atoms. The number of likely N-dealkylation sites (tertiary alicyclic amines) is 1. The normalized spacial score (nSPS) is 18.9. The Bertz CT molecular complexity index is 453. The smallest absolute Gasteiger partial charge is 0.326 e. The van der Waals surface area contributed by atoms with Crippen molar-refractivity contribution >= 4 is 11.9 Å². The Balaban J connectivity index is 2.17. The van der Waals surface area contributed by atoms with Crippen LogP contribution in [0.3, 0.4) is 0 Å². The Morgan fingerprint density at radius 3 is 2.56 bits per heavy atom. The first-order valence-electron chi connectivity index (χ1n) is 6.26. The summed E-state index contributed by atoms with van der Waals surface area (Å²) in [6.07, 6.45) is 2.24. The lowest BCUT2D eigenvalue weighted by molar-refractivity contribution is -0.141. The number of benzene rings is 1. The van der Waals surface area contributed by atoms with Crippen molar-refractivity contribution in [1.29, 1.82) is 0 Å². The van der Waals surface area contributed by atoms with Crippen LogP contribution >= 0.6 is 0 Å². The SMILES string of the molecule is CCc1ccc(C(=O)N2CCC[C@H]2C(=O)O)cc1. The molecule has 1 saturated heterocycles. The number of hydrogen-bond donors (Lipinski definition) is 1. The van der Waals surface area contributed by atoms with Gasteiger partial charge in [0.05, 0.1) is 0 Å². The molecule has 1 fully saturated rings. The predicted octanol–water partition coefficient (Wildman–Crippen LogP) is 1.94. The highest BCUT2D eigenvalue weighted by atomic mass is 16.4. The molecule has 2 rings (SSSR count). The molecule has 4 heteroatoms. The van der Waals surface area contributed by atoms with Gasteiger partial charge in [0, 0.05) is 12.1 Å². The molecular formula is C14H17NO3. The van der Waals surface area contributed by atoms with Crippen LogP contribution in [0, 0.1) is 0 Å². The summed E-state index contributed by atoms with van der Waals surface area (Å²) >= 11 is 0. The number of amides is 1. The minimum Gasteiger partial charge on any atom is -0.480 e. The summed E-state index contributed by atoms with van der Waals surface area (Å²) in [4.78, 5) is 24.7. The first-order valence-corrected chi connectivity index (χ1v) is 6.26. The molecule has 1 heterocycles. The van der Waals surface area contributed by atoms with E-state index in [1.165, 1.54) is 10.5 Å². The molecule has 0 spiro atoms. The van der Waals surface area contributed by atoms with Crippen LogP contribution in [0.15, 0.2) is 24.3 Å². The lowest BCUT2D eigenvalue weighted by Crippen LogP contribution is -2.40. The van der Waals surface area contributed by atoms with Crippen molar-refractivity contribution in [2.45, 2.75) is 32.2 Å². The molecule has 0 bridgehead atoms. The van der Waals surface area contributed by atoms with Gasteiger partial charge in [0.1, 0.15) is 6.04 Å². The van der Waals surface area contributed by atoms with Crippen LogP contribution in [0.25, 0.3) is 0 Å². The summed E-state index contributed by atoms with van der Waals surface area (Å²) in [5.74, 6) is -1.09. The molecule has 96 valence electrons. The van der Waals surface area contributed by atoms with Gasteiger partial charge in [0.15, 0.2) is 0 Å². The zero-order valence-corrected chi connectivity index (χ0v) is 10.4. The molecule has 4 nitrogen and oxygen atoms in total. The fraction of sp³-hybridized carbons (Fsp3) is 0.429. The number of carboxylic acid groups (broad SMARTS) is 1. The van der Waals surface area contributed by atoms with Crippen molar-refractivity contribution < 1.29 is 14.7 Å². The highest BCUT2D eigenvalue weighted by molar-refractivity contribution is 5.97. The zero-order chi connectivity index (χ0) is 13.1. The molecule has 1 atom stereocenters. The number of carbonyl (C=O) groups is 2. The van der Waals surface area contributed by atoms with E-state index < -0.39 is 12.0 Å². The molecule has 0 saturated carbocycles. The molecule has 0 aliphatic carbocycles. The Morgan fingerprint density at radius 1 is 1.33 bits per heavy atom. The van der Waals surface area contributed by atoms with Gasteiger partial charge < -0.3 is 10.0 Å². The molecule has 0 radical (unpaired) electrons. The molecule has 0 unspecified atom stereocenters. The standard InChI is InChI=1S/C14H17NO3/c1-2-10-5-7-11(8-6-10)13(16)15-9-3-4-12(15)14(17)18/h5-8,12H,2-4,9H2,1H3,(H,17,18)/t12-/m0/s1. The number of rotatable bonds is 3. The second kappa shape index (κ2) is 5.21. The summed E-state index contributed by atoms with van der Waals surface area (Å²) < 4.78 is 0. The van der Waals surface area contributed by atoms with Gasteiger partial charge in [-0.1, -0.05) is 19.1 Å². The quantitative estimate of drug-likeness (QED) is 0.888. The van der Waals surface area contributed by atoms with Crippen LogP contribution in [-0.2, 0) is 11.2 Å². The third kappa shape index (κ3) is 2.37. The molecule has 1 aliphatic heterocycles. The first kappa shape index (κ1) is 12.6. The van der Waals surface area contributed by atoms with Crippen LogP contribution in [0.2, 0.25) is 0 Å². The lowest BCUT2D eigenvalue weighted by atomic mass is 10.1. The van der Waals surface area contributed by atoms with Crippen LogP contribution < -0.4 is 0 Å². The molecule has 1 aromatic carbocycles.